The van der Waals surface area contributed by atoms with Gasteiger partial charge in [0.1, 0.15) is 5.75 Å². The largest absolute Gasteiger partial charge is 0.494 e. The minimum atomic E-state index is -3.69. The molecule has 8 heteroatoms. The van der Waals surface area contributed by atoms with Gasteiger partial charge in [-0.1, -0.05) is 23.7 Å². The van der Waals surface area contributed by atoms with Crippen molar-refractivity contribution in [3.8, 4) is 5.75 Å². The zero-order chi connectivity index (χ0) is 19.2. The molecule has 0 bridgehead atoms. The second-order valence-electron chi connectivity index (χ2n) is 5.55. The molecule has 2 aromatic carbocycles. The van der Waals surface area contributed by atoms with Crippen LogP contribution in [0.1, 0.15) is 19.4 Å². The molecule has 26 heavy (non-hydrogen) atoms. The number of hydrogen-bond acceptors (Lipinski definition) is 4. The van der Waals surface area contributed by atoms with Crippen molar-refractivity contribution in [2.45, 2.75) is 25.2 Å². The third kappa shape index (κ3) is 5.72. The number of nitrogens with one attached hydrogen (secondary N) is 2. The molecule has 0 unspecified atom stereocenters. The van der Waals surface area contributed by atoms with Crippen molar-refractivity contribution in [1.82, 2.24) is 4.72 Å². The summed E-state index contributed by atoms with van der Waals surface area (Å²) in [6, 6.07) is 11.7. The van der Waals surface area contributed by atoms with Gasteiger partial charge in [0.15, 0.2) is 0 Å². The fraction of sp³-hybridized carbons (Fsp3) is 0.278. The van der Waals surface area contributed by atoms with Crippen LogP contribution < -0.4 is 14.8 Å². The quantitative estimate of drug-likeness (QED) is 0.717. The van der Waals surface area contributed by atoms with Crippen LogP contribution in [0.15, 0.2) is 47.4 Å². The second-order valence-corrected chi connectivity index (χ2v) is 7.72. The summed E-state index contributed by atoms with van der Waals surface area (Å²) in [7, 11) is -3.69. The van der Waals surface area contributed by atoms with Crippen molar-refractivity contribution in [3.63, 3.8) is 0 Å². The Hall–Kier alpha value is -2.09. The van der Waals surface area contributed by atoms with Crippen LogP contribution in [0.25, 0.3) is 0 Å². The molecule has 0 aliphatic carbocycles. The van der Waals surface area contributed by atoms with Gasteiger partial charge in [-0.25, -0.2) is 13.1 Å². The average molecular weight is 397 g/mol. The van der Waals surface area contributed by atoms with Gasteiger partial charge in [0.2, 0.25) is 15.9 Å². The Morgan fingerprint density at radius 3 is 2.42 bits per heavy atom. The number of anilines is 1. The van der Waals surface area contributed by atoms with E-state index in [-0.39, 0.29) is 22.4 Å². The van der Waals surface area contributed by atoms with E-state index in [4.69, 9.17) is 16.3 Å². The fourth-order valence-electron chi connectivity index (χ4n) is 2.29. The Morgan fingerprint density at radius 2 is 1.85 bits per heavy atom. The summed E-state index contributed by atoms with van der Waals surface area (Å²) in [5.41, 5.74) is 1.36. The van der Waals surface area contributed by atoms with Gasteiger partial charge in [0, 0.05) is 13.5 Å². The van der Waals surface area contributed by atoms with Gasteiger partial charge in [-0.15, -0.1) is 0 Å². The molecule has 2 aromatic rings. The summed E-state index contributed by atoms with van der Waals surface area (Å²) in [4.78, 5) is 11.1. The first kappa shape index (κ1) is 20.2. The molecule has 2 N–H and O–H groups in total. The topological polar surface area (TPSA) is 84.5 Å². The first-order valence-electron chi connectivity index (χ1n) is 8.10. The number of carbonyl (C=O) groups excluding carboxylic acids is 1. The molecule has 0 radical (unpaired) electrons. The Balaban J connectivity index is 1.97. The number of carbonyl (C=O) groups is 1. The molecule has 0 atom stereocenters. The molecular weight excluding hydrogens is 376 g/mol. The predicted octanol–water partition coefficient (Wildman–Crippen LogP) is 3.22. The van der Waals surface area contributed by atoms with Crippen molar-refractivity contribution in [2.75, 3.05) is 18.5 Å². The number of sulfonamides is 1. The van der Waals surface area contributed by atoms with E-state index in [1.165, 1.54) is 25.1 Å². The second kappa shape index (κ2) is 9.02. The molecule has 6 nitrogen and oxygen atoms in total. The van der Waals surface area contributed by atoms with E-state index in [1.54, 1.807) is 0 Å². The lowest BCUT2D eigenvalue weighted by Crippen LogP contribution is -2.26. The smallest absolute Gasteiger partial charge is 0.240 e. The monoisotopic (exact) mass is 396 g/mol. The zero-order valence-electron chi connectivity index (χ0n) is 14.6. The molecule has 0 aliphatic heterocycles. The highest BCUT2D eigenvalue weighted by Crippen LogP contribution is 2.25. The van der Waals surface area contributed by atoms with E-state index in [9.17, 15) is 13.2 Å². The minimum absolute atomic E-state index is 0.0447. The molecule has 0 spiro atoms. The number of halogens is 1. The molecule has 0 aliphatic rings. The maximum absolute atomic E-state index is 12.4. The Morgan fingerprint density at radius 1 is 1.15 bits per heavy atom. The first-order chi connectivity index (χ1) is 12.3. The fourth-order valence-corrected chi connectivity index (χ4v) is 3.64. The normalized spacial score (nSPS) is 11.2. The van der Waals surface area contributed by atoms with E-state index in [0.29, 0.717) is 18.7 Å². The van der Waals surface area contributed by atoms with Crippen LogP contribution in [0.3, 0.4) is 0 Å². The lowest BCUT2D eigenvalue weighted by atomic mass is 10.1. The van der Waals surface area contributed by atoms with Crippen molar-refractivity contribution in [2.24, 2.45) is 0 Å². The summed E-state index contributed by atoms with van der Waals surface area (Å²) < 4.78 is 32.7. The molecule has 0 saturated carbocycles. The van der Waals surface area contributed by atoms with E-state index < -0.39 is 10.0 Å². The lowest BCUT2D eigenvalue weighted by molar-refractivity contribution is -0.114. The Kier molecular flexibility index (Phi) is 7.02. The summed E-state index contributed by atoms with van der Waals surface area (Å²) in [6.07, 6.45) is 0.545. The van der Waals surface area contributed by atoms with Crippen molar-refractivity contribution in [3.05, 3.63) is 53.1 Å². The van der Waals surface area contributed by atoms with E-state index in [1.807, 2.05) is 31.2 Å². The lowest BCUT2D eigenvalue weighted by Gasteiger charge is -2.10. The molecule has 140 valence electrons. The number of rotatable bonds is 8. The summed E-state index contributed by atoms with van der Waals surface area (Å²) in [6.45, 7) is 4.12. The third-order valence-electron chi connectivity index (χ3n) is 3.50. The van der Waals surface area contributed by atoms with Crippen molar-refractivity contribution >= 4 is 33.2 Å². The van der Waals surface area contributed by atoms with Crippen LogP contribution in [0, 0.1) is 0 Å². The maximum Gasteiger partial charge on any atom is 0.240 e. The highest BCUT2D eigenvalue weighted by atomic mass is 35.5. The van der Waals surface area contributed by atoms with Crippen LogP contribution in [-0.2, 0) is 21.2 Å². The van der Waals surface area contributed by atoms with Gasteiger partial charge >= 0.3 is 0 Å². The Labute approximate surface area is 158 Å². The van der Waals surface area contributed by atoms with Gasteiger partial charge in [-0.05, 0) is 49.2 Å². The van der Waals surface area contributed by atoms with Gasteiger partial charge < -0.3 is 10.1 Å². The predicted molar refractivity (Wildman–Crippen MR) is 102 cm³/mol. The first-order valence-corrected chi connectivity index (χ1v) is 9.96. The number of benzene rings is 2. The molecule has 0 heterocycles. The van der Waals surface area contributed by atoms with Gasteiger partial charge in [0.25, 0.3) is 0 Å². The third-order valence-corrected chi connectivity index (χ3v) is 5.27. The molecule has 2 rings (SSSR count). The van der Waals surface area contributed by atoms with E-state index in [0.717, 1.165) is 11.3 Å². The van der Waals surface area contributed by atoms with Crippen LogP contribution in [0.5, 0.6) is 5.75 Å². The average Bonchev–Trinajstić information content (AvgIpc) is 2.58. The number of amides is 1. The molecule has 1 amide bonds. The van der Waals surface area contributed by atoms with Crippen molar-refractivity contribution < 1.29 is 17.9 Å². The van der Waals surface area contributed by atoms with Crippen LogP contribution in [0.2, 0.25) is 5.02 Å². The van der Waals surface area contributed by atoms with Crippen LogP contribution in [0.4, 0.5) is 5.69 Å². The molecular formula is C18H21ClN2O4S. The minimum Gasteiger partial charge on any atom is -0.494 e. The van der Waals surface area contributed by atoms with Gasteiger partial charge in [-0.2, -0.15) is 0 Å². The Bertz CT molecular complexity index is 867. The van der Waals surface area contributed by atoms with Crippen LogP contribution >= 0.6 is 11.6 Å². The van der Waals surface area contributed by atoms with Crippen LogP contribution in [-0.4, -0.2) is 27.5 Å². The molecule has 0 aromatic heterocycles. The highest BCUT2D eigenvalue weighted by molar-refractivity contribution is 7.89. The number of ether oxygens (including phenoxy) is 1. The zero-order valence-corrected chi connectivity index (χ0v) is 16.2. The SMILES string of the molecule is CCOc1ccc(CCNS(=O)(=O)c2ccc(NC(C)=O)c(Cl)c2)cc1. The standard InChI is InChI=1S/C18H21ClN2O4S/c1-3-25-15-6-4-14(5-7-15)10-11-20-26(23,24)16-8-9-18(17(19)12-16)21-13(2)22/h4-9,12,20H,3,10-11H2,1-2H3,(H,21,22). The van der Waals surface area contributed by atoms with E-state index in [2.05, 4.69) is 10.0 Å². The van der Waals surface area contributed by atoms with Gasteiger partial charge in [-0.3, -0.25) is 4.79 Å². The molecule has 0 saturated heterocycles. The summed E-state index contributed by atoms with van der Waals surface area (Å²) >= 11 is 6.03. The number of hydrogen-bond donors (Lipinski definition) is 2. The van der Waals surface area contributed by atoms with E-state index >= 15 is 0 Å². The summed E-state index contributed by atoms with van der Waals surface area (Å²) in [5, 5.41) is 2.70. The summed E-state index contributed by atoms with van der Waals surface area (Å²) in [5.74, 6) is 0.502. The molecule has 0 fully saturated rings. The maximum atomic E-state index is 12.4. The van der Waals surface area contributed by atoms with Crippen molar-refractivity contribution in [1.29, 1.82) is 0 Å². The highest BCUT2D eigenvalue weighted by Gasteiger charge is 2.15. The van der Waals surface area contributed by atoms with Gasteiger partial charge in [0.05, 0.1) is 22.2 Å².